The van der Waals surface area contributed by atoms with Gasteiger partial charge in [-0.05, 0) is 5.56 Å². The van der Waals surface area contributed by atoms with Crippen LogP contribution in [0.1, 0.15) is 12.0 Å². The molecule has 0 saturated carbocycles. The minimum absolute atomic E-state index is 0.0416. The first-order valence-corrected chi connectivity index (χ1v) is 6.40. The average Bonchev–Trinajstić information content (AvgIpc) is 2.76. The Morgan fingerprint density at radius 3 is 2.79 bits per heavy atom. The average molecular weight is 258 g/mol. The molecule has 2 amide bonds. The Hall–Kier alpha value is -2.10. The van der Waals surface area contributed by atoms with Gasteiger partial charge in [-0.1, -0.05) is 42.5 Å². The van der Waals surface area contributed by atoms with E-state index >= 15 is 0 Å². The van der Waals surface area contributed by atoms with Gasteiger partial charge in [0.2, 0.25) is 11.8 Å². The summed E-state index contributed by atoms with van der Waals surface area (Å²) in [5.74, 6) is -0.210. The van der Waals surface area contributed by atoms with Crippen molar-refractivity contribution in [1.29, 1.82) is 0 Å². The molecule has 0 radical (unpaired) electrons. The van der Waals surface area contributed by atoms with Crippen LogP contribution in [0.2, 0.25) is 0 Å². The molecule has 1 aromatic rings. The highest BCUT2D eigenvalue weighted by Gasteiger charge is 2.31. The van der Waals surface area contributed by atoms with Crippen molar-refractivity contribution < 1.29 is 9.59 Å². The summed E-state index contributed by atoms with van der Waals surface area (Å²) in [4.78, 5) is 24.8. The molecular weight excluding hydrogens is 240 g/mol. The normalized spacial score (nSPS) is 19.1. The molecule has 0 aromatic heterocycles. The zero-order valence-electron chi connectivity index (χ0n) is 11.0. The standard InChI is InChI=1S/C15H18N2O2/c1-17-11-13(10-14(17)18)15(19)16-9-5-8-12-6-3-2-4-7-12/h2-8,13H,9-11H2,1H3,(H,16,19)/b8-5+. The number of likely N-dealkylation sites (tertiary alicyclic amines) is 1. The molecule has 1 unspecified atom stereocenters. The van der Waals surface area contributed by atoms with Gasteiger partial charge in [-0.3, -0.25) is 9.59 Å². The van der Waals surface area contributed by atoms with E-state index in [1.54, 1.807) is 11.9 Å². The molecular formula is C15H18N2O2. The van der Waals surface area contributed by atoms with E-state index in [0.29, 0.717) is 19.5 Å². The third kappa shape index (κ3) is 3.68. The summed E-state index contributed by atoms with van der Waals surface area (Å²) in [5, 5.41) is 2.83. The van der Waals surface area contributed by atoms with E-state index in [1.165, 1.54) is 0 Å². The summed E-state index contributed by atoms with van der Waals surface area (Å²) in [6.07, 6.45) is 4.20. The van der Waals surface area contributed by atoms with Gasteiger partial charge in [-0.25, -0.2) is 0 Å². The maximum Gasteiger partial charge on any atom is 0.225 e. The Morgan fingerprint density at radius 1 is 1.42 bits per heavy atom. The molecule has 1 aliphatic rings. The zero-order valence-corrected chi connectivity index (χ0v) is 11.0. The molecule has 0 spiro atoms. The molecule has 1 heterocycles. The molecule has 4 nitrogen and oxygen atoms in total. The van der Waals surface area contributed by atoms with Crippen molar-refractivity contribution in [3.63, 3.8) is 0 Å². The van der Waals surface area contributed by atoms with Crippen LogP contribution in [-0.4, -0.2) is 36.9 Å². The second kappa shape index (κ2) is 6.18. The number of carbonyl (C=O) groups is 2. The fraction of sp³-hybridized carbons (Fsp3) is 0.333. The van der Waals surface area contributed by atoms with Crippen molar-refractivity contribution in [2.24, 2.45) is 5.92 Å². The maximum atomic E-state index is 11.8. The van der Waals surface area contributed by atoms with Crippen molar-refractivity contribution in [1.82, 2.24) is 10.2 Å². The van der Waals surface area contributed by atoms with Crippen molar-refractivity contribution in [3.8, 4) is 0 Å². The van der Waals surface area contributed by atoms with Gasteiger partial charge >= 0.3 is 0 Å². The smallest absolute Gasteiger partial charge is 0.225 e. The highest BCUT2D eigenvalue weighted by molar-refractivity contribution is 5.89. The minimum atomic E-state index is -0.206. The number of benzene rings is 1. The lowest BCUT2D eigenvalue weighted by molar-refractivity contribution is -0.128. The molecule has 1 aromatic carbocycles. The summed E-state index contributed by atoms with van der Waals surface area (Å²) in [6, 6.07) is 9.91. The first kappa shape index (κ1) is 13.3. The molecule has 0 aliphatic carbocycles. The van der Waals surface area contributed by atoms with Crippen LogP contribution in [0.25, 0.3) is 6.08 Å². The van der Waals surface area contributed by atoms with E-state index in [4.69, 9.17) is 0 Å². The highest BCUT2D eigenvalue weighted by Crippen LogP contribution is 2.15. The van der Waals surface area contributed by atoms with Crippen LogP contribution in [0.3, 0.4) is 0 Å². The van der Waals surface area contributed by atoms with Gasteiger partial charge in [0.05, 0.1) is 5.92 Å². The lowest BCUT2D eigenvalue weighted by Crippen LogP contribution is -2.32. The Labute approximate surface area is 113 Å². The second-order valence-corrected chi connectivity index (χ2v) is 4.73. The van der Waals surface area contributed by atoms with Gasteiger partial charge in [0.1, 0.15) is 0 Å². The minimum Gasteiger partial charge on any atom is -0.352 e. The van der Waals surface area contributed by atoms with Gasteiger partial charge in [-0.2, -0.15) is 0 Å². The van der Waals surface area contributed by atoms with Crippen LogP contribution in [0.5, 0.6) is 0 Å². The van der Waals surface area contributed by atoms with Gasteiger partial charge in [0, 0.05) is 26.6 Å². The molecule has 1 N–H and O–H groups in total. The van der Waals surface area contributed by atoms with E-state index in [0.717, 1.165) is 5.56 Å². The first-order valence-electron chi connectivity index (χ1n) is 6.40. The van der Waals surface area contributed by atoms with Gasteiger partial charge < -0.3 is 10.2 Å². The van der Waals surface area contributed by atoms with Crippen LogP contribution in [-0.2, 0) is 9.59 Å². The molecule has 4 heteroatoms. The predicted molar refractivity (Wildman–Crippen MR) is 74.2 cm³/mol. The fourth-order valence-electron chi connectivity index (χ4n) is 2.10. The second-order valence-electron chi connectivity index (χ2n) is 4.73. The van der Waals surface area contributed by atoms with Crippen LogP contribution >= 0.6 is 0 Å². The zero-order chi connectivity index (χ0) is 13.7. The van der Waals surface area contributed by atoms with E-state index in [2.05, 4.69) is 5.32 Å². The number of carbonyl (C=O) groups excluding carboxylic acids is 2. The Morgan fingerprint density at radius 2 is 2.16 bits per heavy atom. The van der Waals surface area contributed by atoms with E-state index < -0.39 is 0 Å². The molecule has 1 fully saturated rings. The van der Waals surface area contributed by atoms with Crippen LogP contribution in [0.15, 0.2) is 36.4 Å². The molecule has 100 valence electrons. The SMILES string of the molecule is CN1CC(C(=O)NC/C=C/c2ccccc2)CC1=O. The topological polar surface area (TPSA) is 49.4 Å². The van der Waals surface area contributed by atoms with Crippen molar-refractivity contribution in [2.45, 2.75) is 6.42 Å². The summed E-state index contributed by atoms with van der Waals surface area (Å²) in [7, 11) is 1.73. The molecule has 0 bridgehead atoms. The largest absolute Gasteiger partial charge is 0.352 e. The number of amides is 2. The quantitative estimate of drug-likeness (QED) is 0.885. The molecule has 1 saturated heterocycles. The summed E-state index contributed by atoms with van der Waals surface area (Å²) < 4.78 is 0. The van der Waals surface area contributed by atoms with E-state index in [1.807, 2.05) is 42.5 Å². The van der Waals surface area contributed by atoms with Gasteiger partial charge in [0.25, 0.3) is 0 Å². The molecule has 19 heavy (non-hydrogen) atoms. The van der Waals surface area contributed by atoms with Crippen LogP contribution in [0, 0.1) is 5.92 Å². The predicted octanol–water partition coefficient (Wildman–Crippen LogP) is 1.29. The lowest BCUT2D eigenvalue weighted by atomic mass is 10.1. The molecule has 1 aliphatic heterocycles. The number of nitrogens with zero attached hydrogens (tertiary/aromatic N) is 1. The van der Waals surface area contributed by atoms with Crippen LogP contribution < -0.4 is 5.32 Å². The number of rotatable bonds is 4. The third-order valence-corrected chi connectivity index (χ3v) is 3.22. The van der Waals surface area contributed by atoms with Crippen molar-refractivity contribution >= 4 is 17.9 Å². The summed E-state index contributed by atoms with van der Waals surface area (Å²) in [6.45, 7) is 1.01. The first-order chi connectivity index (χ1) is 9.16. The third-order valence-electron chi connectivity index (χ3n) is 3.22. The summed E-state index contributed by atoms with van der Waals surface area (Å²) >= 11 is 0. The number of nitrogens with one attached hydrogen (secondary N) is 1. The number of hydrogen-bond donors (Lipinski definition) is 1. The van der Waals surface area contributed by atoms with Gasteiger partial charge in [-0.15, -0.1) is 0 Å². The fourth-order valence-corrected chi connectivity index (χ4v) is 2.10. The van der Waals surface area contributed by atoms with E-state index in [9.17, 15) is 9.59 Å². The van der Waals surface area contributed by atoms with Crippen LogP contribution in [0.4, 0.5) is 0 Å². The maximum absolute atomic E-state index is 11.8. The monoisotopic (exact) mass is 258 g/mol. The van der Waals surface area contributed by atoms with E-state index in [-0.39, 0.29) is 17.7 Å². The van der Waals surface area contributed by atoms with Crippen molar-refractivity contribution in [2.75, 3.05) is 20.1 Å². The molecule has 1 atom stereocenters. The Kier molecular flexibility index (Phi) is 4.34. The Balaban J connectivity index is 1.76. The van der Waals surface area contributed by atoms with Gasteiger partial charge in [0.15, 0.2) is 0 Å². The van der Waals surface area contributed by atoms with Crippen molar-refractivity contribution in [3.05, 3.63) is 42.0 Å². The molecule has 2 rings (SSSR count). The Bertz CT molecular complexity index is 482. The number of hydrogen-bond acceptors (Lipinski definition) is 2. The lowest BCUT2D eigenvalue weighted by Gasteiger charge is -2.09. The highest BCUT2D eigenvalue weighted by atomic mass is 16.2. The summed E-state index contributed by atoms with van der Waals surface area (Å²) in [5.41, 5.74) is 1.10.